The average molecular weight is 995 g/mol. The zero-order valence-corrected chi connectivity index (χ0v) is 45.0. The van der Waals surface area contributed by atoms with E-state index in [2.05, 4.69) is 78.1 Å². The highest BCUT2D eigenvalue weighted by molar-refractivity contribution is 7.54. The quantitative estimate of drug-likeness (QED) is 0.0849. The Kier molecular flexibility index (Phi) is 28.2. The Bertz CT molecular complexity index is 2020. The molecule has 0 bridgehead atoms. The molecule has 4 aromatic carbocycles. The van der Waals surface area contributed by atoms with Crippen LogP contribution in [0.25, 0.3) is 0 Å². The second kappa shape index (κ2) is 32.8. The lowest BCUT2D eigenvalue weighted by Gasteiger charge is -2.33. The fourth-order valence-electron chi connectivity index (χ4n) is 7.68. The number of ether oxygens (including phenoxy) is 3. The molecule has 14 heteroatoms. The van der Waals surface area contributed by atoms with E-state index in [0.29, 0.717) is 57.9 Å². The lowest BCUT2D eigenvalue weighted by molar-refractivity contribution is 0.0184. The van der Waals surface area contributed by atoms with E-state index < -0.39 is 20.8 Å². The first-order chi connectivity index (χ1) is 33.2. The van der Waals surface area contributed by atoms with E-state index >= 15 is 0 Å². The molecule has 1 N–H and O–H groups in total. The summed E-state index contributed by atoms with van der Waals surface area (Å²) in [6.45, 7) is 23.4. The van der Waals surface area contributed by atoms with Crippen molar-refractivity contribution in [1.29, 1.82) is 0 Å². The largest absolute Gasteiger partial charge is 0.489 e. The third-order valence-electron chi connectivity index (χ3n) is 11.2. The number of carbonyl (C=O) groups is 1. The number of likely N-dealkylation sites (tertiary alicyclic amines) is 1. The van der Waals surface area contributed by atoms with E-state index in [1.54, 1.807) is 41.5 Å². The fraction of sp³-hybridized carbons (Fsp3) is 0.545. The number of piperidine rings is 2. The number of rotatable bonds is 20. The summed E-state index contributed by atoms with van der Waals surface area (Å²) in [5.74, 6) is 3.34. The number of benzene rings is 4. The number of amides is 1. The van der Waals surface area contributed by atoms with Crippen LogP contribution in [0.4, 0.5) is 4.79 Å². The molecule has 0 radical (unpaired) electrons. The standard InChI is InChI=1S/C24H31NO3.C19H23NO.2C6H15O3P/c1-24(2,3)28-23(26)25-15-13-19(14-16-25)17-21-11-7-8-12-22(21)27-18-20-9-5-4-6-10-20;1-2-6-17(7-3-1)15-21-19-9-5-4-8-18(19)14-16-10-12-20-13-11-16;2*1-4-8-10(7,6-3)9-5-2/h4-12,19H,13-18H2,1-3H3;1-9,16,20H,10-15H2;2*4-6H2,1-3H3. The Hall–Kier alpha value is -3.99. The van der Waals surface area contributed by atoms with Gasteiger partial charge >= 0.3 is 21.3 Å². The lowest BCUT2D eigenvalue weighted by atomic mass is 9.90. The maximum Gasteiger partial charge on any atom is 0.410 e. The van der Waals surface area contributed by atoms with Crippen LogP contribution in [0.15, 0.2) is 109 Å². The number of nitrogens with zero attached hydrogens (tertiary/aromatic N) is 1. The molecule has 4 aromatic rings. The predicted molar refractivity (Wildman–Crippen MR) is 281 cm³/mol. The molecule has 2 fully saturated rings. The topological polar surface area (TPSA) is 131 Å². The van der Waals surface area contributed by atoms with E-state index in [1.807, 2.05) is 62.1 Å². The third-order valence-corrected chi connectivity index (χ3v) is 15.4. The second-order valence-corrected chi connectivity index (χ2v) is 22.5. The predicted octanol–water partition coefficient (Wildman–Crippen LogP) is 13.8. The van der Waals surface area contributed by atoms with E-state index in [1.165, 1.54) is 35.1 Å². The molecule has 0 aromatic heterocycles. The molecule has 1 amide bonds. The number of nitrogens with one attached hydrogen (secondary N) is 1. The summed E-state index contributed by atoms with van der Waals surface area (Å²) in [5.41, 5.74) is 4.54. The molecule has 2 aliphatic rings. The number of carbonyl (C=O) groups excluding carboxylic acids is 1. The second-order valence-electron chi connectivity index (χ2n) is 17.8. The van der Waals surface area contributed by atoms with Crippen molar-refractivity contribution >= 4 is 21.3 Å². The smallest absolute Gasteiger partial charge is 0.410 e. The molecular weight excluding hydrogens is 911 g/mol. The first-order valence-corrected chi connectivity index (χ1v) is 28.6. The molecule has 69 heavy (non-hydrogen) atoms. The van der Waals surface area contributed by atoms with Gasteiger partial charge in [-0.2, -0.15) is 0 Å². The van der Waals surface area contributed by atoms with Crippen LogP contribution in [0.2, 0.25) is 0 Å². The number of para-hydroxylation sites is 2. The van der Waals surface area contributed by atoms with Gasteiger partial charge in [-0.1, -0.05) is 111 Å². The monoisotopic (exact) mass is 995 g/mol. The molecule has 0 atom stereocenters. The molecule has 0 saturated carbocycles. The molecule has 2 saturated heterocycles. The van der Waals surface area contributed by atoms with Gasteiger partial charge in [0, 0.05) is 25.4 Å². The Morgan fingerprint density at radius 1 is 0.551 bits per heavy atom. The Balaban J connectivity index is 0.000000269. The molecule has 0 unspecified atom stereocenters. The normalized spacial score (nSPS) is 14.5. The van der Waals surface area contributed by atoms with Gasteiger partial charge in [-0.3, -0.25) is 9.13 Å². The van der Waals surface area contributed by atoms with Gasteiger partial charge in [0.1, 0.15) is 30.3 Å². The summed E-state index contributed by atoms with van der Waals surface area (Å²) in [6, 6.07) is 37.4. The van der Waals surface area contributed by atoms with Gasteiger partial charge in [0.25, 0.3) is 0 Å². The molecule has 0 aliphatic carbocycles. The summed E-state index contributed by atoms with van der Waals surface area (Å²) in [7, 11) is -5.40. The van der Waals surface area contributed by atoms with Gasteiger partial charge in [-0.25, -0.2) is 4.79 Å². The minimum atomic E-state index is -2.70. The summed E-state index contributed by atoms with van der Waals surface area (Å²) in [6.07, 6.45) is 7.35. The van der Waals surface area contributed by atoms with Crippen molar-refractivity contribution in [1.82, 2.24) is 10.2 Å². The Morgan fingerprint density at radius 2 is 0.913 bits per heavy atom. The van der Waals surface area contributed by atoms with Crippen LogP contribution in [-0.4, -0.2) is 81.5 Å². The van der Waals surface area contributed by atoms with E-state index in [-0.39, 0.29) is 6.09 Å². The highest BCUT2D eigenvalue weighted by Gasteiger charge is 2.27. The van der Waals surface area contributed by atoms with Crippen molar-refractivity contribution < 1.29 is 46.2 Å². The maximum atomic E-state index is 12.2. The van der Waals surface area contributed by atoms with E-state index in [0.717, 1.165) is 69.3 Å². The highest BCUT2D eigenvalue weighted by Crippen LogP contribution is 2.47. The Morgan fingerprint density at radius 3 is 1.28 bits per heavy atom. The van der Waals surface area contributed by atoms with Gasteiger partial charge in [0.15, 0.2) is 0 Å². The summed E-state index contributed by atoms with van der Waals surface area (Å²) < 4.78 is 60.1. The zero-order chi connectivity index (χ0) is 50.4. The summed E-state index contributed by atoms with van der Waals surface area (Å²) in [4.78, 5) is 14.1. The molecule has 384 valence electrons. The molecular formula is C55H84N2O10P2. The van der Waals surface area contributed by atoms with Gasteiger partial charge in [0.05, 0.1) is 26.4 Å². The SMILES string of the molecule is CC(C)(C)OC(=O)N1CCC(Cc2ccccc2OCc2ccccc2)CC1.CCOP(=O)(CC)OCC.CCOP(=O)(CC)OCC.c1ccc(COc2ccccc2CC2CCNCC2)cc1. The highest BCUT2D eigenvalue weighted by atomic mass is 31.2. The van der Waals surface area contributed by atoms with Crippen LogP contribution in [0, 0.1) is 11.8 Å². The molecule has 12 nitrogen and oxygen atoms in total. The average Bonchev–Trinajstić information content (AvgIpc) is 3.35. The molecule has 6 rings (SSSR count). The lowest BCUT2D eigenvalue weighted by Crippen LogP contribution is -2.42. The van der Waals surface area contributed by atoms with Crippen molar-refractivity contribution in [3.8, 4) is 11.5 Å². The number of hydrogen-bond donors (Lipinski definition) is 1. The zero-order valence-electron chi connectivity index (χ0n) is 43.2. The van der Waals surface area contributed by atoms with Crippen molar-refractivity contribution in [2.24, 2.45) is 11.8 Å². The van der Waals surface area contributed by atoms with Gasteiger partial charge in [-0.05, 0) is 146 Å². The first kappa shape index (κ1) is 59.3. The van der Waals surface area contributed by atoms with E-state index in [9.17, 15) is 13.9 Å². The first-order valence-electron chi connectivity index (χ1n) is 25.1. The van der Waals surface area contributed by atoms with Crippen molar-refractivity contribution in [3.05, 3.63) is 131 Å². The van der Waals surface area contributed by atoms with Crippen LogP contribution in [0.5, 0.6) is 11.5 Å². The van der Waals surface area contributed by atoms with Gasteiger partial charge < -0.3 is 42.5 Å². The Labute approximate surface area is 415 Å². The third kappa shape index (κ3) is 24.1. The van der Waals surface area contributed by atoms with Crippen LogP contribution in [0.3, 0.4) is 0 Å². The van der Waals surface area contributed by atoms with E-state index in [4.69, 9.17) is 32.3 Å². The van der Waals surface area contributed by atoms with Crippen LogP contribution in [-0.2, 0) is 58.0 Å². The minimum absolute atomic E-state index is 0.197. The van der Waals surface area contributed by atoms with Crippen LogP contribution in [0.1, 0.15) is 110 Å². The fourth-order valence-corrected chi connectivity index (χ4v) is 10.1. The maximum absolute atomic E-state index is 12.2. The van der Waals surface area contributed by atoms with Crippen molar-refractivity contribution in [2.45, 2.75) is 120 Å². The van der Waals surface area contributed by atoms with Crippen molar-refractivity contribution in [2.75, 3.05) is 64.9 Å². The number of hydrogen-bond acceptors (Lipinski definition) is 11. The summed E-state index contributed by atoms with van der Waals surface area (Å²) in [5, 5.41) is 3.43. The van der Waals surface area contributed by atoms with Gasteiger partial charge in [0.2, 0.25) is 0 Å². The van der Waals surface area contributed by atoms with Crippen LogP contribution < -0.4 is 14.8 Å². The summed E-state index contributed by atoms with van der Waals surface area (Å²) >= 11 is 0. The van der Waals surface area contributed by atoms with Crippen LogP contribution >= 0.6 is 15.2 Å². The van der Waals surface area contributed by atoms with Crippen molar-refractivity contribution in [3.63, 3.8) is 0 Å². The molecule has 0 spiro atoms. The molecule has 2 heterocycles. The molecule has 2 aliphatic heterocycles. The minimum Gasteiger partial charge on any atom is -0.489 e. The van der Waals surface area contributed by atoms with Gasteiger partial charge in [-0.15, -0.1) is 0 Å².